The maximum atomic E-state index is 5.78. The van der Waals surface area contributed by atoms with E-state index in [1.807, 2.05) is 17.9 Å². The Morgan fingerprint density at radius 3 is 1.14 bits per heavy atom. The van der Waals surface area contributed by atoms with Gasteiger partial charge in [0.05, 0.1) is 41.3 Å². The number of hydrogen-bond acceptors (Lipinski definition) is 9. The van der Waals surface area contributed by atoms with E-state index in [-0.39, 0.29) is 52.0 Å². The quantitative estimate of drug-likeness (QED) is 0.100. The summed E-state index contributed by atoms with van der Waals surface area (Å²) in [5.41, 5.74) is 32.6. The first-order valence-corrected chi connectivity index (χ1v) is 45.4. The number of fused-ring (bicyclic) bond motifs is 7. The summed E-state index contributed by atoms with van der Waals surface area (Å²) in [6, 6.07) is 33.2. The number of hydrogen-bond donors (Lipinski definition) is 0. The standard InChI is InChI=1S/C16H26Si.C14H20O.C14H20.2C13H17NO.2C13H17NS.7CH4/c1-11(2)13-7-8-14(12(3)4)16-15(13)9-10-17(16,5)6;1-9(2)11-5-6-12(10(3)4)14-13(11)7-8-15-14;1-9(2)11-5-6-12(10(3)4)14-8-7-13(11)14;1-8(2)10-5-6-11(9(3)4)13-12(10)14-7-15-13;1-8(2)10-5-6-11(9(3)4)13-12(10)7-14-15-13;1-8(2)10-5-6-11(9(3)4)13-12(10)14-7-15-13;1-8(2)10-5-6-11(9(3)4)13-12(10)7-14-15-13;;;;;;;/h7-8,11-12H,9-10H2,1-6H3;5-6,9-10H,7-8H2,1-4H3;5-6,9-10H,7-8H2,1-4H3;4*5-9H,1-4H3;7*1H4. The fourth-order valence-corrected chi connectivity index (χ4v) is 21.2. The van der Waals surface area contributed by atoms with E-state index < -0.39 is 8.07 Å². The third-order valence-corrected chi connectivity index (χ3v) is 27.3. The van der Waals surface area contributed by atoms with Crippen molar-refractivity contribution in [3.05, 3.63) is 209 Å². The maximum absolute atomic E-state index is 5.78. The van der Waals surface area contributed by atoms with Gasteiger partial charge in [0.15, 0.2) is 17.6 Å². The van der Waals surface area contributed by atoms with Gasteiger partial charge in [0, 0.05) is 34.5 Å². The van der Waals surface area contributed by atoms with Gasteiger partial charge in [0.25, 0.3) is 0 Å². The largest absolute Gasteiger partial charge is 0.493 e. The van der Waals surface area contributed by atoms with Crippen molar-refractivity contribution in [3.63, 3.8) is 0 Å². The minimum atomic E-state index is -1.15. The Hall–Kier alpha value is -6.72. The lowest BCUT2D eigenvalue weighted by atomic mass is 9.76. The van der Waals surface area contributed by atoms with Gasteiger partial charge in [-0.3, -0.25) is 0 Å². The van der Waals surface area contributed by atoms with Crippen LogP contribution in [-0.4, -0.2) is 34.2 Å². The van der Waals surface area contributed by atoms with Crippen LogP contribution in [0.15, 0.2) is 118 Å². The molecule has 0 radical (unpaired) electrons. The van der Waals surface area contributed by atoms with Crippen LogP contribution < -0.4 is 9.92 Å². The van der Waals surface area contributed by atoms with Crippen molar-refractivity contribution in [1.29, 1.82) is 0 Å². The topological polar surface area (TPSA) is 87.1 Å². The molecule has 113 heavy (non-hydrogen) atoms. The number of oxazole rings is 1. The lowest BCUT2D eigenvalue weighted by Gasteiger charge is -2.29. The summed E-state index contributed by atoms with van der Waals surface area (Å²) >= 11 is 3.39. The molecule has 6 heterocycles. The van der Waals surface area contributed by atoms with Gasteiger partial charge in [0.2, 0.25) is 0 Å². The minimum absolute atomic E-state index is 0. The number of benzene rings is 7. The maximum Gasteiger partial charge on any atom is 0.182 e. The summed E-state index contributed by atoms with van der Waals surface area (Å²) < 4.78 is 23.7. The molecule has 628 valence electrons. The molecule has 0 spiro atoms. The van der Waals surface area contributed by atoms with Crippen LogP contribution in [0.3, 0.4) is 0 Å². The van der Waals surface area contributed by atoms with Gasteiger partial charge < -0.3 is 13.7 Å². The molecule has 0 bridgehead atoms. The molecule has 3 aliphatic rings. The molecule has 0 unspecified atom stereocenters. The third-order valence-electron chi connectivity index (χ3n) is 22.1. The highest BCUT2D eigenvalue weighted by Gasteiger charge is 2.36. The lowest BCUT2D eigenvalue weighted by molar-refractivity contribution is 0.352. The van der Waals surface area contributed by atoms with Crippen molar-refractivity contribution in [2.24, 2.45) is 0 Å². The predicted molar refractivity (Wildman–Crippen MR) is 513 cm³/mol. The molecule has 0 saturated heterocycles. The van der Waals surface area contributed by atoms with Gasteiger partial charge in [-0.1, -0.05) is 354 Å². The summed E-state index contributed by atoms with van der Waals surface area (Å²) in [4.78, 5) is 8.82. The van der Waals surface area contributed by atoms with Crippen molar-refractivity contribution in [2.75, 3.05) is 6.61 Å². The number of nitrogens with zero attached hydrogens (tertiary/aromatic N) is 4. The molecule has 2 aliphatic heterocycles. The van der Waals surface area contributed by atoms with Crippen LogP contribution in [0.4, 0.5) is 0 Å². The molecule has 0 N–H and O–H groups in total. The Balaban J connectivity index is 0.000000653. The Morgan fingerprint density at radius 2 is 0.690 bits per heavy atom. The van der Waals surface area contributed by atoms with E-state index in [2.05, 4.69) is 311 Å². The average Bonchev–Trinajstić information content (AvgIpc) is 1.46. The SMILES string of the molecule is C.C.C.C.C.C.C.CC(C)c1ccc(C(C)C)c2c1CC2.CC(C)c1ccc(C(C)C)c2c1CCO2.CC(C)c1ccc(C(C)C)c2c1CC[Si]2(C)C.CC(C)c1ccc(C(C)C)c2ocnc12.CC(C)c1ccc(C(C)C)c2oncc12.CC(C)c1ccc(C(C)C)c2scnc12.CC(C)c1ccc(C(C)C)c2sncc12. The van der Waals surface area contributed by atoms with E-state index >= 15 is 0 Å². The Morgan fingerprint density at radius 1 is 0.327 bits per heavy atom. The van der Waals surface area contributed by atoms with Gasteiger partial charge in [-0.2, -0.15) is 4.37 Å². The first-order valence-electron chi connectivity index (χ1n) is 40.6. The van der Waals surface area contributed by atoms with Crippen LogP contribution in [0.2, 0.25) is 19.1 Å². The Labute approximate surface area is 702 Å². The van der Waals surface area contributed by atoms with Crippen molar-refractivity contribution in [2.45, 2.75) is 374 Å². The molecule has 4 aromatic heterocycles. The minimum Gasteiger partial charge on any atom is -0.493 e. The van der Waals surface area contributed by atoms with E-state index in [1.54, 1.807) is 73.4 Å². The van der Waals surface area contributed by atoms with E-state index in [1.165, 1.54) is 113 Å². The Kier molecular flexibility index (Phi) is 42.2. The number of thiazole rings is 1. The van der Waals surface area contributed by atoms with Crippen LogP contribution in [-0.2, 0) is 25.7 Å². The smallest absolute Gasteiger partial charge is 0.182 e. The molecule has 0 amide bonds. The van der Waals surface area contributed by atoms with Crippen LogP contribution in [0.5, 0.6) is 5.75 Å². The van der Waals surface area contributed by atoms with Gasteiger partial charge >= 0.3 is 0 Å². The molecule has 11 aromatic rings. The number of ether oxygens (including phenoxy) is 1. The van der Waals surface area contributed by atoms with Crippen molar-refractivity contribution >= 4 is 78.5 Å². The van der Waals surface area contributed by atoms with Crippen molar-refractivity contribution in [1.82, 2.24) is 19.5 Å². The van der Waals surface area contributed by atoms with Crippen LogP contribution >= 0.6 is 22.9 Å². The fraction of sp³-hybridized carbons (Fsp3) is 0.553. The molecule has 7 aromatic carbocycles. The summed E-state index contributed by atoms with van der Waals surface area (Å²) in [6.45, 7) is 68.8. The van der Waals surface area contributed by atoms with Crippen LogP contribution in [0.1, 0.15) is 429 Å². The van der Waals surface area contributed by atoms with E-state index in [4.69, 9.17) is 13.7 Å². The third kappa shape index (κ3) is 24.2. The zero-order valence-corrected chi connectivity index (χ0v) is 73.7. The average molecular weight is 1600 g/mol. The monoisotopic (exact) mass is 1600 g/mol. The lowest BCUT2D eigenvalue weighted by Crippen LogP contribution is -2.41. The van der Waals surface area contributed by atoms with Crippen LogP contribution in [0.25, 0.3) is 42.4 Å². The molecule has 0 atom stereocenters. The summed E-state index contributed by atoms with van der Waals surface area (Å²) in [6.07, 6.45) is 10.4. The highest BCUT2D eigenvalue weighted by molar-refractivity contribution is 7.17. The van der Waals surface area contributed by atoms with Gasteiger partial charge in [-0.25, -0.2) is 9.97 Å². The molecule has 1 aliphatic carbocycles. The first-order chi connectivity index (χ1) is 50.0. The van der Waals surface area contributed by atoms with Crippen molar-refractivity contribution < 1.29 is 13.7 Å². The zero-order valence-electron chi connectivity index (χ0n) is 71.0. The fourth-order valence-electron chi connectivity index (χ4n) is 15.9. The second-order valence-corrected chi connectivity index (χ2v) is 41.6. The molecular formula is C103H162N4O3S2Si. The number of rotatable bonds is 14. The summed E-state index contributed by atoms with van der Waals surface area (Å²) in [7, 11) is -1.15. The summed E-state index contributed by atoms with van der Waals surface area (Å²) in [5, 5.41) is 8.23. The molecule has 0 fully saturated rings. The normalized spacial score (nSPS) is 12.7. The highest BCUT2D eigenvalue weighted by Crippen LogP contribution is 2.42. The zero-order chi connectivity index (χ0) is 78.1. The second kappa shape index (κ2) is 45.7. The predicted octanol–water partition coefficient (Wildman–Crippen LogP) is 34.0. The van der Waals surface area contributed by atoms with Crippen LogP contribution in [0, 0.1) is 0 Å². The van der Waals surface area contributed by atoms with E-state index in [9.17, 15) is 0 Å². The summed E-state index contributed by atoms with van der Waals surface area (Å²) in [5.74, 6) is 9.27. The molecule has 10 heteroatoms. The van der Waals surface area contributed by atoms with E-state index in [0.29, 0.717) is 82.9 Å². The van der Waals surface area contributed by atoms with Gasteiger partial charge in [0.1, 0.15) is 11.3 Å². The van der Waals surface area contributed by atoms with E-state index in [0.717, 1.165) is 35.1 Å². The second-order valence-electron chi connectivity index (χ2n) is 35.2. The van der Waals surface area contributed by atoms with Crippen molar-refractivity contribution in [3.8, 4) is 5.75 Å². The first kappa shape index (κ1) is 104. The Bertz CT molecular complexity index is 4070. The highest BCUT2D eigenvalue weighted by atomic mass is 32.1. The van der Waals surface area contributed by atoms with Gasteiger partial charge in [-0.15, -0.1) is 11.3 Å². The molecule has 0 saturated carbocycles. The molecule has 7 nitrogen and oxygen atoms in total. The number of aromatic nitrogens is 4. The molecule has 14 rings (SSSR count). The molecular weight excluding hydrogens is 1430 g/mol. The van der Waals surface area contributed by atoms with Gasteiger partial charge in [-0.05, 0) is 209 Å².